The van der Waals surface area contributed by atoms with Crippen LogP contribution in [0.5, 0.6) is 0 Å². The van der Waals surface area contributed by atoms with Crippen LogP contribution in [0, 0.1) is 24.7 Å². The molecule has 0 saturated heterocycles. The van der Waals surface area contributed by atoms with Crippen LogP contribution in [0.4, 0.5) is 0 Å². The van der Waals surface area contributed by atoms with Gasteiger partial charge < -0.3 is 5.32 Å². The Bertz CT molecular complexity index is 945. The third-order valence-corrected chi connectivity index (χ3v) is 7.99. The van der Waals surface area contributed by atoms with Crippen LogP contribution in [0.3, 0.4) is 0 Å². The molecule has 0 spiro atoms. The van der Waals surface area contributed by atoms with Gasteiger partial charge >= 0.3 is 0 Å². The lowest BCUT2D eigenvalue weighted by molar-refractivity contribution is 0.0953. The second-order valence-electron chi connectivity index (χ2n) is 8.30. The first kappa shape index (κ1) is 16.5. The molecule has 2 aromatic rings. The molecule has 2 bridgehead atoms. The van der Waals surface area contributed by atoms with Crippen LogP contribution < -0.4 is 10.9 Å². The number of aryl methyl sites for hydroxylation is 2. The minimum atomic E-state index is -0.0433. The van der Waals surface area contributed by atoms with Crippen molar-refractivity contribution in [2.24, 2.45) is 17.8 Å². The highest BCUT2D eigenvalue weighted by molar-refractivity contribution is 7.20. The molecule has 138 valence electrons. The van der Waals surface area contributed by atoms with E-state index in [9.17, 15) is 9.59 Å². The number of nitrogens with one attached hydrogen (secondary N) is 1. The summed E-state index contributed by atoms with van der Waals surface area (Å²) >= 11 is 1.37. The van der Waals surface area contributed by atoms with E-state index in [1.165, 1.54) is 37.0 Å². The first-order valence-corrected chi connectivity index (χ1v) is 10.7. The molecule has 0 aromatic carbocycles. The predicted octanol–water partition coefficient (Wildman–Crippen LogP) is 3.27. The van der Waals surface area contributed by atoms with Gasteiger partial charge in [-0.05, 0) is 62.3 Å². The normalized spacial score (nSPS) is 26.6. The van der Waals surface area contributed by atoms with Crippen LogP contribution in [0.15, 0.2) is 4.79 Å². The number of carbonyl (C=O) groups is 1. The van der Waals surface area contributed by atoms with Crippen molar-refractivity contribution in [1.29, 1.82) is 0 Å². The Balaban J connectivity index is 1.32. The van der Waals surface area contributed by atoms with Gasteiger partial charge in [0.05, 0.1) is 10.3 Å². The van der Waals surface area contributed by atoms with Crippen molar-refractivity contribution in [3.8, 4) is 0 Å². The fourth-order valence-corrected chi connectivity index (χ4v) is 6.58. The summed E-state index contributed by atoms with van der Waals surface area (Å²) in [6.45, 7) is 3.37. The van der Waals surface area contributed by atoms with Crippen molar-refractivity contribution in [2.45, 2.75) is 58.4 Å². The molecule has 3 heterocycles. The van der Waals surface area contributed by atoms with E-state index in [0.29, 0.717) is 10.3 Å². The van der Waals surface area contributed by atoms with Gasteiger partial charge in [0.15, 0.2) is 0 Å². The first-order valence-electron chi connectivity index (χ1n) is 9.93. The van der Waals surface area contributed by atoms with Gasteiger partial charge in [0.25, 0.3) is 11.5 Å². The van der Waals surface area contributed by atoms with Crippen molar-refractivity contribution in [3.05, 3.63) is 26.6 Å². The summed E-state index contributed by atoms with van der Waals surface area (Å²) in [5, 5.41) is 3.74. The van der Waals surface area contributed by atoms with Crippen LogP contribution in [0.2, 0.25) is 0 Å². The Kier molecular flexibility index (Phi) is 3.92. The van der Waals surface area contributed by atoms with Gasteiger partial charge in [-0.1, -0.05) is 6.42 Å². The van der Waals surface area contributed by atoms with E-state index < -0.39 is 0 Å². The summed E-state index contributed by atoms with van der Waals surface area (Å²) in [4.78, 5) is 31.5. The number of amides is 1. The van der Waals surface area contributed by atoms with E-state index in [1.54, 1.807) is 4.57 Å². The smallest absolute Gasteiger partial charge is 0.262 e. The highest BCUT2D eigenvalue weighted by Gasteiger charge is 2.38. The highest BCUT2D eigenvalue weighted by Crippen LogP contribution is 2.49. The Hall–Kier alpha value is -1.69. The van der Waals surface area contributed by atoms with E-state index in [4.69, 9.17) is 0 Å². The standard InChI is InChI=1S/C20H25N3O2S/c1-11-16-19(22-15-3-2-8-23(15)20(16)25)26-17(11)18(24)21-7-6-14-10-12-4-5-13(14)9-12/h12-14H,2-10H2,1H3,(H,21,24)/t12-,13-,14+/m0/s1. The summed E-state index contributed by atoms with van der Waals surface area (Å²) in [5.41, 5.74) is 0.819. The molecular formula is C20H25N3O2S. The Labute approximate surface area is 156 Å². The van der Waals surface area contributed by atoms with Crippen molar-refractivity contribution >= 4 is 27.5 Å². The minimum absolute atomic E-state index is 0.0253. The number of hydrogen-bond donors (Lipinski definition) is 1. The summed E-state index contributed by atoms with van der Waals surface area (Å²) in [6, 6.07) is 0. The second kappa shape index (κ2) is 6.19. The van der Waals surface area contributed by atoms with Crippen LogP contribution in [-0.2, 0) is 13.0 Å². The van der Waals surface area contributed by atoms with Crippen LogP contribution >= 0.6 is 11.3 Å². The first-order chi connectivity index (χ1) is 12.6. The third-order valence-electron chi connectivity index (χ3n) is 6.80. The fourth-order valence-electron chi connectivity index (χ4n) is 5.47. The molecule has 26 heavy (non-hydrogen) atoms. The molecule has 0 unspecified atom stereocenters. The molecule has 3 atom stereocenters. The monoisotopic (exact) mass is 371 g/mol. The van der Waals surface area contributed by atoms with Crippen LogP contribution in [0.25, 0.3) is 10.2 Å². The lowest BCUT2D eigenvalue weighted by atomic mass is 9.86. The van der Waals surface area contributed by atoms with E-state index >= 15 is 0 Å². The van der Waals surface area contributed by atoms with Gasteiger partial charge in [-0.25, -0.2) is 4.98 Å². The van der Waals surface area contributed by atoms with E-state index in [0.717, 1.165) is 66.3 Å². The third kappa shape index (κ3) is 2.53. The Morgan fingerprint density at radius 3 is 3.00 bits per heavy atom. The summed E-state index contributed by atoms with van der Waals surface area (Å²) in [5.74, 6) is 3.47. The maximum atomic E-state index is 12.7. The zero-order chi connectivity index (χ0) is 17.8. The number of thiophene rings is 1. The van der Waals surface area contributed by atoms with Crippen molar-refractivity contribution in [3.63, 3.8) is 0 Å². The van der Waals surface area contributed by atoms with Gasteiger partial charge in [-0.15, -0.1) is 11.3 Å². The topological polar surface area (TPSA) is 64.0 Å². The van der Waals surface area contributed by atoms with Gasteiger partial charge in [0, 0.05) is 19.5 Å². The molecule has 2 aliphatic carbocycles. The summed E-state index contributed by atoms with van der Waals surface area (Å²) in [6.07, 6.45) is 8.50. The Morgan fingerprint density at radius 2 is 2.23 bits per heavy atom. The number of nitrogens with zero attached hydrogens (tertiary/aromatic N) is 2. The largest absolute Gasteiger partial charge is 0.351 e. The number of hydrogen-bond acceptors (Lipinski definition) is 4. The molecule has 1 N–H and O–H groups in total. The minimum Gasteiger partial charge on any atom is -0.351 e. The average Bonchev–Trinajstić information content (AvgIpc) is 3.38. The van der Waals surface area contributed by atoms with Crippen molar-refractivity contribution in [1.82, 2.24) is 14.9 Å². The molecule has 5 rings (SSSR count). The van der Waals surface area contributed by atoms with Gasteiger partial charge in [-0.3, -0.25) is 14.2 Å². The molecule has 0 radical (unpaired) electrons. The SMILES string of the molecule is Cc1c(C(=O)NCC[C@@H]2C[C@H]3CC[C@H]2C3)sc2nc3n(c(=O)c12)CCC3. The molecule has 3 aliphatic rings. The van der Waals surface area contributed by atoms with E-state index in [1.807, 2.05) is 6.92 Å². The van der Waals surface area contributed by atoms with Crippen LogP contribution in [0.1, 0.15) is 59.6 Å². The Morgan fingerprint density at radius 1 is 1.35 bits per heavy atom. The number of fused-ring (bicyclic) bond motifs is 4. The number of carbonyl (C=O) groups excluding carboxylic acids is 1. The molecular weight excluding hydrogens is 346 g/mol. The molecule has 1 amide bonds. The summed E-state index contributed by atoms with van der Waals surface area (Å²) < 4.78 is 1.78. The maximum absolute atomic E-state index is 12.7. The van der Waals surface area contributed by atoms with E-state index in [2.05, 4.69) is 10.3 Å². The van der Waals surface area contributed by atoms with Gasteiger partial charge in [-0.2, -0.15) is 0 Å². The molecule has 2 saturated carbocycles. The highest BCUT2D eigenvalue weighted by atomic mass is 32.1. The van der Waals surface area contributed by atoms with Gasteiger partial charge in [0.2, 0.25) is 0 Å². The van der Waals surface area contributed by atoms with Gasteiger partial charge in [0.1, 0.15) is 10.7 Å². The molecule has 2 aromatic heterocycles. The lowest BCUT2D eigenvalue weighted by Crippen LogP contribution is -2.27. The van der Waals surface area contributed by atoms with Crippen molar-refractivity contribution in [2.75, 3.05) is 6.54 Å². The maximum Gasteiger partial charge on any atom is 0.262 e. The molecule has 6 heteroatoms. The second-order valence-corrected chi connectivity index (χ2v) is 9.30. The number of aromatic nitrogens is 2. The zero-order valence-electron chi connectivity index (χ0n) is 15.2. The predicted molar refractivity (Wildman–Crippen MR) is 103 cm³/mol. The van der Waals surface area contributed by atoms with Crippen LogP contribution in [-0.4, -0.2) is 22.0 Å². The summed E-state index contributed by atoms with van der Waals surface area (Å²) in [7, 11) is 0. The number of rotatable bonds is 4. The average molecular weight is 372 g/mol. The zero-order valence-corrected chi connectivity index (χ0v) is 16.0. The van der Waals surface area contributed by atoms with E-state index in [-0.39, 0.29) is 11.5 Å². The van der Waals surface area contributed by atoms with Crippen molar-refractivity contribution < 1.29 is 4.79 Å². The molecule has 1 aliphatic heterocycles. The quantitative estimate of drug-likeness (QED) is 0.897. The molecule has 2 fully saturated rings. The molecule has 5 nitrogen and oxygen atoms in total. The fraction of sp³-hybridized carbons (Fsp3) is 0.650. The lowest BCUT2D eigenvalue weighted by Gasteiger charge is -2.21.